The minimum Gasteiger partial charge on any atom is -0.471 e. The Morgan fingerprint density at radius 3 is 2.85 bits per heavy atom. The van der Waals surface area contributed by atoms with Crippen molar-refractivity contribution in [2.45, 2.75) is 5.03 Å². The number of rotatable bonds is 1. The molecule has 1 N–H and O–H groups in total. The first-order valence-electron chi connectivity index (χ1n) is 5.82. The second-order valence-electron chi connectivity index (χ2n) is 3.87. The fraction of sp³-hybridized carbons (Fsp3) is 0.231. The molecule has 20 heavy (non-hydrogen) atoms. The summed E-state index contributed by atoms with van der Waals surface area (Å²) in [5.41, 5.74) is 0.926. The maximum Gasteiger partial charge on any atom is 0.292 e. The van der Waals surface area contributed by atoms with Crippen molar-refractivity contribution in [1.82, 2.24) is 4.98 Å². The van der Waals surface area contributed by atoms with Gasteiger partial charge in [0.25, 0.3) is 6.47 Å². The lowest BCUT2D eigenvalue weighted by molar-refractivity contribution is -0.126. The summed E-state index contributed by atoms with van der Waals surface area (Å²) in [7, 11) is 1.31. The van der Waals surface area contributed by atoms with Crippen molar-refractivity contribution in [3.05, 3.63) is 38.8 Å². The Morgan fingerprint density at radius 2 is 2.15 bits per heavy atom. The van der Waals surface area contributed by atoms with Crippen LogP contribution in [0.25, 0.3) is 11.1 Å². The highest BCUT2D eigenvalue weighted by Gasteiger charge is 2.25. The molecule has 0 saturated heterocycles. The normalized spacial score (nSPS) is 12.7. The molecule has 0 atom stereocenters. The summed E-state index contributed by atoms with van der Waals surface area (Å²) in [5.74, 6) is 0.836. The van der Waals surface area contributed by atoms with Gasteiger partial charge in [0.1, 0.15) is 5.03 Å². The zero-order valence-electron chi connectivity index (χ0n) is 10.7. The molecular formula is C13H12N2O4S. The molecule has 2 heterocycles. The van der Waals surface area contributed by atoms with E-state index in [0.29, 0.717) is 24.3 Å². The first-order valence-corrected chi connectivity index (χ1v) is 6.81. The van der Waals surface area contributed by atoms with E-state index in [0.717, 1.165) is 16.3 Å². The fourth-order valence-corrected chi connectivity index (χ4v) is 2.70. The molecular weight excluding hydrogens is 280 g/mol. The fourth-order valence-electron chi connectivity index (χ4n) is 1.84. The summed E-state index contributed by atoms with van der Waals surface area (Å²) in [6.45, 7) is 1.05. The summed E-state index contributed by atoms with van der Waals surface area (Å²) in [5, 5.41) is 3.83. The van der Waals surface area contributed by atoms with Gasteiger partial charge in [0.2, 0.25) is 10.9 Å². The van der Waals surface area contributed by atoms with Crippen LogP contribution in [-0.2, 0) is 9.53 Å². The molecule has 0 saturated carbocycles. The van der Waals surface area contributed by atoms with Gasteiger partial charge in [-0.2, -0.15) is 0 Å². The Hall–Kier alpha value is -2.15. The van der Waals surface area contributed by atoms with Crippen LogP contribution in [0.1, 0.15) is 0 Å². The van der Waals surface area contributed by atoms with E-state index in [1.54, 1.807) is 24.0 Å². The Balaban J connectivity index is 0.000000328. The molecule has 0 bridgehead atoms. The number of ether oxygens (including phenoxy) is 1. The summed E-state index contributed by atoms with van der Waals surface area (Å²) >= 11 is 1.59. The highest BCUT2D eigenvalue weighted by atomic mass is 32.2. The molecule has 1 aromatic carbocycles. The van der Waals surface area contributed by atoms with Crippen molar-refractivity contribution < 1.29 is 9.53 Å². The number of nitrogens with one attached hydrogen (secondary N) is 1. The molecule has 0 spiro atoms. The number of fused-ring (bicyclic) bond motifs is 3. The smallest absolute Gasteiger partial charge is 0.292 e. The molecule has 0 radical (unpaired) electrons. The Kier molecular flexibility index (Phi) is 4.52. The minimum atomic E-state index is -0.406. The zero-order chi connectivity index (χ0) is 14.5. The number of methoxy groups -OCH3 is 1. The molecule has 6 nitrogen and oxygen atoms in total. The predicted octanol–water partition coefficient (Wildman–Crippen LogP) is 0.651. The number of carbonyl (C=O) groups excluding carboxylic acids is 1. The molecule has 104 valence electrons. The summed E-state index contributed by atoms with van der Waals surface area (Å²) in [6, 6.07) is 3.61. The van der Waals surface area contributed by atoms with Crippen LogP contribution in [-0.4, -0.2) is 30.9 Å². The lowest BCUT2D eigenvalue weighted by atomic mass is 10.00. The molecule has 1 aliphatic rings. The van der Waals surface area contributed by atoms with E-state index in [4.69, 9.17) is 4.79 Å². The van der Waals surface area contributed by atoms with Crippen LogP contribution < -0.4 is 16.2 Å². The SMILES string of the molecule is COC=O.O=c1c2c(c1=O)-c1cccnc1SCCN2. The lowest BCUT2D eigenvalue weighted by Crippen LogP contribution is -2.37. The van der Waals surface area contributed by atoms with Gasteiger partial charge in [-0.15, -0.1) is 11.8 Å². The van der Waals surface area contributed by atoms with Gasteiger partial charge in [-0.3, -0.25) is 14.4 Å². The van der Waals surface area contributed by atoms with Crippen LogP contribution >= 0.6 is 11.8 Å². The number of anilines is 1. The third-order valence-corrected chi connectivity index (χ3v) is 3.70. The van der Waals surface area contributed by atoms with Crippen LogP contribution in [0.4, 0.5) is 5.69 Å². The molecule has 1 aromatic heterocycles. The molecule has 2 aromatic rings. The molecule has 0 unspecified atom stereocenters. The van der Waals surface area contributed by atoms with Gasteiger partial charge in [0, 0.05) is 24.1 Å². The van der Waals surface area contributed by atoms with Gasteiger partial charge in [0.15, 0.2) is 0 Å². The van der Waals surface area contributed by atoms with Crippen molar-refractivity contribution in [1.29, 1.82) is 0 Å². The molecule has 7 heteroatoms. The first kappa shape index (κ1) is 14.3. The van der Waals surface area contributed by atoms with Crippen LogP contribution in [0.3, 0.4) is 0 Å². The van der Waals surface area contributed by atoms with Gasteiger partial charge in [-0.1, -0.05) is 0 Å². The van der Waals surface area contributed by atoms with E-state index in [9.17, 15) is 9.59 Å². The van der Waals surface area contributed by atoms with E-state index >= 15 is 0 Å². The highest BCUT2D eigenvalue weighted by molar-refractivity contribution is 7.99. The maximum atomic E-state index is 11.5. The van der Waals surface area contributed by atoms with E-state index in [1.807, 2.05) is 6.07 Å². The number of aromatic nitrogens is 1. The monoisotopic (exact) mass is 292 g/mol. The Labute approximate surface area is 118 Å². The Bertz CT molecular complexity index is 692. The van der Waals surface area contributed by atoms with Gasteiger partial charge < -0.3 is 10.1 Å². The van der Waals surface area contributed by atoms with Crippen LogP contribution in [0.2, 0.25) is 0 Å². The van der Waals surface area contributed by atoms with Crippen LogP contribution in [0, 0.1) is 0 Å². The minimum absolute atomic E-state index is 0.375. The standard InChI is InChI=1S/C11H8N2O2S.C2H4O2/c14-9-7-6-2-1-3-13-11(6)16-5-4-12-8(7)10(9)15;1-4-2-3/h1-3,12H,4-5H2;2H,1H3. The Morgan fingerprint density at radius 1 is 1.40 bits per heavy atom. The van der Waals surface area contributed by atoms with Crippen LogP contribution in [0.15, 0.2) is 32.9 Å². The molecule has 0 aliphatic carbocycles. The van der Waals surface area contributed by atoms with E-state index < -0.39 is 10.9 Å². The number of hydrogen-bond acceptors (Lipinski definition) is 7. The average Bonchev–Trinajstić information content (AvgIpc) is 2.48. The van der Waals surface area contributed by atoms with Gasteiger partial charge >= 0.3 is 0 Å². The number of hydrogen-bond donors (Lipinski definition) is 1. The third kappa shape index (κ3) is 2.57. The van der Waals surface area contributed by atoms with E-state index in [1.165, 1.54) is 7.11 Å². The van der Waals surface area contributed by atoms with Crippen molar-refractivity contribution in [3.63, 3.8) is 0 Å². The quantitative estimate of drug-likeness (QED) is 0.610. The van der Waals surface area contributed by atoms with Crippen molar-refractivity contribution >= 4 is 23.9 Å². The largest absolute Gasteiger partial charge is 0.471 e. The number of carbonyl (C=O) groups is 1. The van der Waals surface area contributed by atoms with Crippen molar-refractivity contribution in [3.8, 4) is 11.1 Å². The van der Waals surface area contributed by atoms with Crippen molar-refractivity contribution in [2.75, 3.05) is 24.7 Å². The number of thioether (sulfide) groups is 1. The third-order valence-electron chi connectivity index (χ3n) is 2.69. The van der Waals surface area contributed by atoms with Gasteiger partial charge in [0.05, 0.1) is 18.4 Å². The lowest BCUT2D eigenvalue weighted by Gasteiger charge is -2.18. The summed E-state index contributed by atoms with van der Waals surface area (Å²) in [6.07, 6.45) is 1.70. The maximum absolute atomic E-state index is 11.5. The molecule has 0 amide bonds. The van der Waals surface area contributed by atoms with E-state index in [2.05, 4.69) is 15.0 Å². The number of nitrogens with zero attached hydrogens (tertiary/aromatic N) is 1. The van der Waals surface area contributed by atoms with Crippen molar-refractivity contribution in [2.24, 2.45) is 0 Å². The van der Waals surface area contributed by atoms with E-state index in [-0.39, 0.29) is 0 Å². The summed E-state index contributed by atoms with van der Waals surface area (Å²) in [4.78, 5) is 36.1. The molecule has 1 aliphatic heterocycles. The molecule has 3 rings (SSSR count). The zero-order valence-corrected chi connectivity index (χ0v) is 11.5. The topological polar surface area (TPSA) is 85.4 Å². The van der Waals surface area contributed by atoms with Gasteiger partial charge in [-0.05, 0) is 12.1 Å². The molecule has 0 fully saturated rings. The second-order valence-corrected chi connectivity index (χ2v) is 4.96. The number of pyridine rings is 1. The predicted molar refractivity (Wildman–Crippen MR) is 76.9 cm³/mol. The summed E-state index contributed by atoms with van der Waals surface area (Å²) < 4.78 is 3.86. The first-order chi connectivity index (χ1) is 9.70. The second kappa shape index (κ2) is 6.33. The highest BCUT2D eigenvalue weighted by Crippen LogP contribution is 2.33. The van der Waals surface area contributed by atoms with Gasteiger partial charge in [-0.25, -0.2) is 4.98 Å². The average molecular weight is 292 g/mol. The van der Waals surface area contributed by atoms with Crippen LogP contribution in [0.5, 0.6) is 0 Å².